The number of hydrogen-bond acceptors (Lipinski definition) is 2. The number of nitrogens with zero attached hydrogens (tertiary/aromatic N) is 1. The molecule has 0 aliphatic carbocycles. The first-order chi connectivity index (χ1) is 6.39. The molecule has 2 heteroatoms. The van der Waals surface area contributed by atoms with E-state index in [4.69, 9.17) is 4.74 Å². The monoisotopic (exact) mass is 193 g/mol. The quantitative estimate of drug-likeness (QED) is 0.719. The van der Waals surface area contributed by atoms with Gasteiger partial charge in [-0.25, -0.2) is 4.98 Å². The normalized spacial score (nSPS) is 11.9. The Morgan fingerprint density at radius 2 is 1.86 bits per heavy atom. The van der Waals surface area contributed by atoms with Crippen LogP contribution in [-0.2, 0) is 5.41 Å². The molecule has 0 spiro atoms. The Balaban J connectivity index is 2.79. The van der Waals surface area contributed by atoms with E-state index in [-0.39, 0.29) is 11.5 Å². The van der Waals surface area contributed by atoms with Crippen LogP contribution in [0, 0.1) is 0 Å². The van der Waals surface area contributed by atoms with Gasteiger partial charge in [0.15, 0.2) is 0 Å². The first-order valence-electron chi connectivity index (χ1n) is 5.03. The van der Waals surface area contributed by atoms with Crippen molar-refractivity contribution < 1.29 is 4.74 Å². The molecule has 0 bridgehead atoms. The predicted molar refractivity (Wildman–Crippen MR) is 58.7 cm³/mol. The van der Waals surface area contributed by atoms with Crippen molar-refractivity contribution in [3.63, 3.8) is 0 Å². The van der Waals surface area contributed by atoms with E-state index in [1.807, 2.05) is 26.1 Å². The molecule has 1 aromatic rings. The molecule has 0 amide bonds. The molecule has 0 saturated heterocycles. The van der Waals surface area contributed by atoms with Crippen molar-refractivity contribution >= 4 is 0 Å². The standard InChI is InChI=1S/C12H19NO/c1-9(2)14-11-7-6-10(8-13-11)12(3,4)5/h6-9H,1-5H3. The molecule has 1 aromatic heterocycles. The van der Waals surface area contributed by atoms with Gasteiger partial charge in [-0.05, 0) is 24.8 Å². The van der Waals surface area contributed by atoms with Crippen LogP contribution >= 0.6 is 0 Å². The van der Waals surface area contributed by atoms with Gasteiger partial charge in [0.25, 0.3) is 0 Å². The summed E-state index contributed by atoms with van der Waals surface area (Å²) >= 11 is 0. The van der Waals surface area contributed by atoms with Crippen molar-refractivity contribution in [2.75, 3.05) is 0 Å². The highest BCUT2D eigenvalue weighted by atomic mass is 16.5. The van der Waals surface area contributed by atoms with Crippen molar-refractivity contribution in [1.82, 2.24) is 4.98 Å². The lowest BCUT2D eigenvalue weighted by molar-refractivity contribution is 0.232. The molecule has 0 saturated carbocycles. The van der Waals surface area contributed by atoms with E-state index in [0.717, 1.165) is 0 Å². The first kappa shape index (κ1) is 11.0. The van der Waals surface area contributed by atoms with Crippen LogP contribution in [0.4, 0.5) is 0 Å². The zero-order valence-electron chi connectivity index (χ0n) is 9.66. The van der Waals surface area contributed by atoms with E-state index in [2.05, 4.69) is 31.8 Å². The van der Waals surface area contributed by atoms with Crippen LogP contribution in [0.25, 0.3) is 0 Å². The van der Waals surface area contributed by atoms with Crippen LogP contribution in [0.2, 0.25) is 0 Å². The van der Waals surface area contributed by atoms with Crippen LogP contribution in [0.5, 0.6) is 5.88 Å². The number of hydrogen-bond donors (Lipinski definition) is 0. The highest BCUT2D eigenvalue weighted by molar-refractivity contribution is 5.23. The third-order valence-electron chi connectivity index (χ3n) is 1.96. The van der Waals surface area contributed by atoms with E-state index in [9.17, 15) is 0 Å². The lowest BCUT2D eigenvalue weighted by Crippen LogP contribution is -2.12. The lowest BCUT2D eigenvalue weighted by Gasteiger charge is -2.18. The van der Waals surface area contributed by atoms with Crippen LogP contribution in [0.15, 0.2) is 18.3 Å². The van der Waals surface area contributed by atoms with Gasteiger partial charge in [-0.2, -0.15) is 0 Å². The lowest BCUT2D eigenvalue weighted by atomic mass is 9.88. The Kier molecular flexibility index (Phi) is 3.14. The van der Waals surface area contributed by atoms with E-state index in [1.165, 1.54) is 5.56 Å². The second-order valence-electron chi connectivity index (χ2n) is 4.80. The number of aromatic nitrogens is 1. The maximum atomic E-state index is 5.47. The maximum absolute atomic E-state index is 5.47. The topological polar surface area (TPSA) is 22.1 Å². The van der Waals surface area contributed by atoms with Crippen LogP contribution in [0.1, 0.15) is 40.2 Å². The van der Waals surface area contributed by atoms with Crippen molar-refractivity contribution in [2.24, 2.45) is 0 Å². The summed E-state index contributed by atoms with van der Waals surface area (Å²) in [5.41, 5.74) is 1.39. The van der Waals surface area contributed by atoms with Crippen molar-refractivity contribution in [2.45, 2.75) is 46.1 Å². The average molecular weight is 193 g/mol. The largest absolute Gasteiger partial charge is 0.475 e. The molecular formula is C12H19NO. The van der Waals surface area contributed by atoms with Crippen LogP contribution in [-0.4, -0.2) is 11.1 Å². The summed E-state index contributed by atoms with van der Waals surface area (Å²) in [5, 5.41) is 0. The van der Waals surface area contributed by atoms with Crippen LogP contribution in [0.3, 0.4) is 0 Å². The fraction of sp³-hybridized carbons (Fsp3) is 0.583. The fourth-order valence-electron chi connectivity index (χ4n) is 1.14. The van der Waals surface area contributed by atoms with E-state index in [1.54, 1.807) is 0 Å². The molecule has 0 fully saturated rings. The number of ether oxygens (including phenoxy) is 1. The third kappa shape index (κ3) is 3.02. The average Bonchev–Trinajstić information content (AvgIpc) is 2.02. The Morgan fingerprint density at radius 1 is 1.21 bits per heavy atom. The second-order valence-corrected chi connectivity index (χ2v) is 4.80. The second kappa shape index (κ2) is 3.99. The zero-order valence-corrected chi connectivity index (χ0v) is 9.66. The van der Waals surface area contributed by atoms with Gasteiger partial charge in [-0.3, -0.25) is 0 Å². The molecule has 0 N–H and O–H groups in total. The summed E-state index contributed by atoms with van der Waals surface area (Å²) in [5.74, 6) is 0.702. The molecule has 0 atom stereocenters. The minimum Gasteiger partial charge on any atom is -0.475 e. The molecule has 0 unspecified atom stereocenters. The summed E-state index contributed by atoms with van der Waals surface area (Å²) in [7, 11) is 0. The summed E-state index contributed by atoms with van der Waals surface area (Å²) < 4.78 is 5.47. The number of pyridine rings is 1. The van der Waals surface area contributed by atoms with Gasteiger partial charge in [0.05, 0.1) is 6.10 Å². The SMILES string of the molecule is CC(C)Oc1ccc(C(C)(C)C)cn1. The van der Waals surface area contributed by atoms with Gasteiger partial charge in [0.2, 0.25) is 5.88 Å². The van der Waals surface area contributed by atoms with Gasteiger partial charge in [-0.15, -0.1) is 0 Å². The molecule has 0 radical (unpaired) electrons. The van der Waals surface area contributed by atoms with Crippen LogP contribution < -0.4 is 4.74 Å². The Morgan fingerprint density at radius 3 is 2.21 bits per heavy atom. The van der Waals surface area contributed by atoms with Crippen molar-refractivity contribution in [1.29, 1.82) is 0 Å². The summed E-state index contributed by atoms with van der Waals surface area (Å²) in [6.45, 7) is 10.5. The van der Waals surface area contributed by atoms with Gasteiger partial charge in [0.1, 0.15) is 0 Å². The van der Waals surface area contributed by atoms with Crippen molar-refractivity contribution in [3.8, 4) is 5.88 Å². The van der Waals surface area contributed by atoms with Crippen molar-refractivity contribution in [3.05, 3.63) is 23.9 Å². The summed E-state index contributed by atoms with van der Waals surface area (Å²) in [4.78, 5) is 4.26. The molecule has 1 rings (SSSR count). The van der Waals surface area contributed by atoms with Gasteiger partial charge in [0, 0.05) is 12.3 Å². The van der Waals surface area contributed by atoms with Gasteiger partial charge >= 0.3 is 0 Å². The summed E-state index contributed by atoms with van der Waals surface area (Å²) in [6, 6.07) is 4.01. The van der Waals surface area contributed by atoms with Gasteiger partial charge < -0.3 is 4.74 Å². The molecule has 0 aromatic carbocycles. The molecule has 2 nitrogen and oxygen atoms in total. The molecule has 78 valence electrons. The minimum atomic E-state index is 0.156. The summed E-state index contributed by atoms with van der Waals surface area (Å²) in [6.07, 6.45) is 2.07. The van der Waals surface area contributed by atoms with E-state index < -0.39 is 0 Å². The zero-order chi connectivity index (χ0) is 10.8. The third-order valence-corrected chi connectivity index (χ3v) is 1.96. The molecule has 0 aliphatic rings. The molecule has 0 aliphatic heterocycles. The first-order valence-corrected chi connectivity index (χ1v) is 5.03. The predicted octanol–water partition coefficient (Wildman–Crippen LogP) is 3.17. The highest BCUT2D eigenvalue weighted by Crippen LogP contribution is 2.22. The Hall–Kier alpha value is -1.05. The number of rotatable bonds is 2. The Labute approximate surface area is 86.3 Å². The Bertz CT molecular complexity index is 282. The molecular weight excluding hydrogens is 174 g/mol. The van der Waals surface area contributed by atoms with Gasteiger partial charge in [-0.1, -0.05) is 26.8 Å². The van der Waals surface area contributed by atoms with E-state index in [0.29, 0.717) is 5.88 Å². The smallest absolute Gasteiger partial charge is 0.213 e. The molecule has 14 heavy (non-hydrogen) atoms. The van der Waals surface area contributed by atoms with E-state index >= 15 is 0 Å². The molecule has 1 heterocycles. The fourth-order valence-corrected chi connectivity index (χ4v) is 1.14. The maximum Gasteiger partial charge on any atom is 0.213 e. The highest BCUT2D eigenvalue weighted by Gasteiger charge is 2.13. The minimum absolute atomic E-state index is 0.156.